The van der Waals surface area contributed by atoms with Gasteiger partial charge in [0.1, 0.15) is 6.04 Å². The van der Waals surface area contributed by atoms with E-state index in [9.17, 15) is 19.5 Å². The number of carbonyl (C=O) groups excluding carboxylic acids is 3. The molecule has 0 spiro atoms. The predicted molar refractivity (Wildman–Crippen MR) is 103 cm³/mol. The highest BCUT2D eigenvalue weighted by molar-refractivity contribution is 6.00. The van der Waals surface area contributed by atoms with Gasteiger partial charge in [0.05, 0.1) is 12.1 Å². The van der Waals surface area contributed by atoms with E-state index >= 15 is 0 Å². The molecule has 7 nitrogen and oxygen atoms in total. The lowest BCUT2D eigenvalue weighted by Gasteiger charge is -2.30. The average Bonchev–Trinajstić information content (AvgIpc) is 2.65. The second kappa shape index (κ2) is 10.9. The Morgan fingerprint density at radius 2 is 1.74 bits per heavy atom. The molecule has 0 heterocycles. The van der Waals surface area contributed by atoms with Crippen LogP contribution in [-0.2, 0) is 20.8 Å². The van der Waals surface area contributed by atoms with Crippen LogP contribution < -0.4 is 11.5 Å². The number of amides is 2. The molecule has 5 N–H and O–H groups in total. The van der Waals surface area contributed by atoms with Gasteiger partial charge in [-0.05, 0) is 24.8 Å². The number of hydrogen-bond acceptors (Lipinski definition) is 6. The minimum atomic E-state index is -1.08. The lowest BCUT2D eigenvalue weighted by molar-refractivity contribution is -0.148. The first-order chi connectivity index (χ1) is 12.7. The molecule has 0 aliphatic heterocycles. The Morgan fingerprint density at radius 1 is 1.15 bits per heavy atom. The maximum absolute atomic E-state index is 12.8. The summed E-state index contributed by atoms with van der Waals surface area (Å²) in [5, 5.41) is 9.84. The summed E-state index contributed by atoms with van der Waals surface area (Å²) in [7, 11) is 0. The summed E-state index contributed by atoms with van der Waals surface area (Å²) in [6, 6.07) is 6.57. The Kier molecular flexibility index (Phi) is 9.28. The van der Waals surface area contributed by atoms with Gasteiger partial charge in [0.15, 0.2) is 0 Å². The SMILES string of the molecule is CC(N)C(O)CCC(=O)N(C(=O)[C@@H](N)C(C)C)[C@H]([C]=O)Cc1ccccc1. The highest BCUT2D eigenvalue weighted by atomic mass is 16.3. The fourth-order valence-electron chi connectivity index (χ4n) is 2.57. The van der Waals surface area contributed by atoms with Crippen LogP contribution in [0.5, 0.6) is 0 Å². The molecule has 0 saturated heterocycles. The summed E-state index contributed by atoms with van der Waals surface area (Å²) in [5.41, 5.74) is 12.4. The van der Waals surface area contributed by atoms with Gasteiger partial charge in [-0.15, -0.1) is 0 Å². The third kappa shape index (κ3) is 6.86. The smallest absolute Gasteiger partial charge is 0.247 e. The van der Waals surface area contributed by atoms with Crippen molar-refractivity contribution in [2.24, 2.45) is 17.4 Å². The molecule has 7 heteroatoms. The topological polar surface area (TPSA) is 127 Å². The molecule has 1 aromatic carbocycles. The van der Waals surface area contributed by atoms with Crippen LogP contribution in [0.2, 0.25) is 0 Å². The van der Waals surface area contributed by atoms with Crippen LogP contribution in [0.4, 0.5) is 0 Å². The number of rotatable bonds is 10. The van der Waals surface area contributed by atoms with E-state index in [0.717, 1.165) is 10.5 Å². The molecule has 27 heavy (non-hydrogen) atoms. The third-order valence-corrected chi connectivity index (χ3v) is 4.49. The molecule has 0 aromatic heterocycles. The zero-order chi connectivity index (χ0) is 20.6. The Hall–Kier alpha value is -2.09. The molecule has 0 bridgehead atoms. The number of aliphatic hydroxyl groups is 1. The predicted octanol–water partition coefficient (Wildman–Crippen LogP) is 0.534. The Bertz CT molecular complexity index is 619. The van der Waals surface area contributed by atoms with Gasteiger partial charge in [-0.3, -0.25) is 19.3 Å². The largest absolute Gasteiger partial charge is 0.392 e. The molecule has 0 aliphatic carbocycles. The van der Waals surface area contributed by atoms with Crippen molar-refractivity contribution in [1.82, 2.24) is 4.90 Å². The van der Waals surface area contributed by atoms with Gasteiger partial charge in [0.2, 0.25) is 18.1 Å². The van der Waals surface area contributed by atoms with Crippen LogP contribution in [0, 0.1) is 5.92 Å². The van der Waals surface area contributed by atoms with E-state index in [1.54, 1.807) is 32.9 Å². The Morgan fingerprint density at radius 3 is 2.22 bits per heavy atom. The zero-order valence-corrected chi connectivity index (χ0v) is 16.2. The van der Waals surface area contributed by atoms with E-state index < -0.39 is 36.0 Å². The number of imide groups is 1. The van der Waals surface area contributed by atoms with E-state index in [2.05, 4.69) is 0 Å². The maximum Gasteiger partial charge on any atom is 0.247 e. The molecule has 2 unspecified atom stereocenters. The number of benzene rings is 1. The van der Waals surface area contributed by atoms with Crippen molar-refractivity contribution in [2.45, 2.75) is 64.3 Å². The summed E-state index contributed by atoms with van der Waals surface area (Å²) < 4.78 is 0. The zero-order valence-electron chi connectivity index (χ0n) is 16.2. The standard InChI is InChI=1S/C20H30N3O4/c1-13(2)19(22)20(27)23(18(26)10-9-17(25)14(3)21)16(12-24)11-15-7-5-4-6-8-15/h4-8,13-14,16-17,19,25H,9-11,21-22H2,1-3H3/t14?,16-,17?,19-/m0/s1. The second-order valence-corrected chi connectivity index (χ2v) is 7.16. The molecule has 0 aliphatic rings. The van der Waals surface area contributed by atoms with Gasteiger partial charge >= 0.3 is 0 Å². The van der Waals surface area contributed by atoms with E-state index in [-0.39, 0.29) is 25.2 Å². The van der Waals surface area contributed by atoms with Crippen molar-refractivity contribution in [1.29, 1.82) is 0 Å². The molecule has 149 valence electrons. The lowest BCUT2D eigenvalue weighted by atomic mass is 9.99. The molecule has 4 atom stereocenters. The van der Waals surface area contributed by atoms with Crippen molar-refractivity contribution in [3.63, 3.8) is 0 Å². The normalized spacial score (nSPS) is 15.7. The summed E-state index contributed by atoms with van der Waals surface area (Å²) in [6.45, 7) is 5.16. The number of hydrogen-bond donors (Lipinski definition) is 3. The third-order valence-electron chi connectivity index (χ3n) is 4.49. The van der Waals surface area contributed by atoms with E-state index in [1.807, 2.05) is 24.5 Å². The fourth-order valence-corrected chi connectivity index (χ4v) is 2.57. The summed E-state index contributed by atoms with van der Waals surface area (Å²) >= 11 is 0. The van der Waals surface area contributed by atoms with Crippen LogP contribution >= 0.6 is 0 Å². The first kappa shape index (κ1) is 23.0. The van der Waals surface area contributed by atoms with Crippen LogP contribution in [0.3, 0.4) is 0 Å². The Balaban J connectivity index is 3.05. The van der Waals surface area contributed by atoms with Crippen molar-refractivity contribution >= 4 is 18.1 Å². The fraction of sp³-hybridized carbons (Fsp3) is 0.550. The molecule has 1 aromatic rings. The van der Waals surface area contributed by atoms with E-state index in [4.69, 9.17) is 11.5 Å². The monoisotopic (exact) mass is 376 g/mol. The van der Waals surface area contributed by atoms with Gasteiger partial charge in [-0.25, -0.2) is 0 Å². The van der Waals surface area contributed by atoms with Gasteiger partial charge in [-0.1, -0.05) is 44.2 Å². The molecule has 1 rings (SSSR count). The van der Waals surface area contributed by atoms with E-state index in [0.29, 0.717) is 0 Å². The number of aliphatic hydroxyl groups excluding tert-OH is 1. The summed E-state index contributed by atoms with van der Waals surface area (Å²) in [6.07, 6.45) is 1.06. The highest BCUT2D eigenvalue weighted by Crippen LogP contribution is 2.15. The summed E-state index contributed by atoms with van der Waals surface area (Å²) in [4.78, 5) is 38.1. The average molecular weight is 376 g/mol. The number of nitrogens with zero attached hydrogens (tertiary/aromatic N) is 1. The van der Waals surface area contributed by atoms with Crippen molar-refractivity contribution in [3.05, 3.63) is 35.9 Å². The molecule has 0 fully saturated rings. The first-order valence-electron chi connectivity index (χ1n) is 9.15. The highest BCUT2D eigenvalue weighted by Gasteiger charge is 2.34. The van der Waals surface area contributed by atoms with Crippen LogP contribution in [0.15, 0.2) is 30.3 Å². The molecular weight excluding hydrogens is 346 g/mol. The van der Waals surface area contributed by atoms with E-state index in [1.165, 1.54) is 0 Å². The van der Waals surface area contributed by atoms with Crippen molar-refractivity contribution < 1.29 is 19.5 Å². The number of nitrogens with two attached hydrogens (primary N) is 2. The van der Waals surface area contributed by atoms with Crippen molar-refractivity contribution in [2.75, 3.05) is 0 Å². The van der Waals surface area contributed by atoms with Gasteiger partial charge in [-0.2, -0.15) is 0 Å². The minimum Gasteiger partial charge on any atom is -0.392 e. The van der Waals surface area contributed by atoms with Gasteiger partial charge < -0.3 is 16.6 Å². The number of carbonyl (C=O) groups is 2. The van der Waals surface area contributed by atoms with Gasteiger partial charge in [0.25, 0.3) is 0 Å². The second-order valence-electron chi connectivity index (χ2n) is 7.16. The van der Waals surface area contributed by atoms with Crippen LogP contribution in [0.1, 0.15) is 39.2 Å². The van der Waals surface area contributed by atoms with Gasteiger partial charge in [0, 0.05) is 18.9 Å². The van der Waals surface area contributed by atoms with Crippen LogP contribution in [0.25, 0.3) is 0 Å². The molecule has 2 amide bonds. The molecular formula is C20H30N3O4. The van der Waals surface area contributed by atoms with Crippen LogP contribution in [-0.4, -0.2) is 52.3 Å². The molecule has 0 saturated carbocycles. The van der Waals surface area contributed by atoms with Crippen molar-refractivity contribution in [3.8, 4) is 0 Å². The Labute approximate surface area is 160 Å². The first-order valence-corrected chi connectivity index (χ1v) is 9.15. The summed E-state index contributed by atoms with van der Waals surface area (Å²) in [5.74, 6) is -1.39. The maximum atomic E-state index is 12.8. The lowest BCUT2D eigenvalue weighted by Crippen LogP contribution is -2.54. The minimum absolute atomic E-state index is 0.0914. The quantitative estimate of drug-likeness (QED) is 0.547. The molecule has 1 radical (unpaired) electrons.